The van der Waals surface area contributed by atoms with Gasteiger partial charge in [-0.1, -0.05) is 0 Å². The van der Waals surface area contributed by atoms with Crippen LogP contribution in [-0.2, 0) is 6.54 Å². The molecule has 2 rings (SSSR count). The van der Waals surface area contributed by atoms with Crippen molar-refractivity contribution < 1.29 is 0 Å². The third kappa shape index (κ3) is 5.59. The molecule has 0 amide bonds. The molecule has 1 saturated heterocycles. The summed E-state index contributed by atoms with van der Waals surface area (Å²) in [4.78, 5) is 13.7. The lowest BCUT2D eigenvalue weighted by Gasteiger charge is -2.22. The van der Waals surface area contributed by atoms with Gasteiger partial charge in [-0.3, -0.25) is 4.98 Å². The van der Waals surface area contributed by atoms with Crippen molar-refractivity contribution in [1.29, 1.82) is 0 Å². The summed E-state index contributed by atoms with van der Waals surface area (Å²) < 4.78 is 0. The minimum Gasteiger partial charge on any atom is -0.357 e. The van der Waals surface area contributed by atoms with Crippen LogP contribution in [0.1, 0.15) is 39.3 Å². The molecule has 2 heterocycles. The molecule has 1 aliphatic rings. The van der Waals surface area contributed by atoms with Crippen LogP contribution < -0.4 is 10.2 Å². The minimum absolute atomic E-state index is 0.104. The molecule has 1 N–H and O–H groups in total. The fourth-order valence-corrected chi connectivity index (χ4v) is 2.40. The van der Waals surface area contributed by atoms with E-state index in [1.807, 2.05) is 12.4 Å². The molecule has 0 bridgehead atoms. The summed E-state index contributed by atoms with van der Waals surface area (Å²) in [5, 5.41) is 3.43. The molecule has 0 atom stereocenters. The fraction of sp³-hybridized carbons (Fsp3) is 0.750. The molecular weight excluding hydrogens is 262 g/mol. The average molecular weight is 291 g/mol. The van der Waals surface area contributed by atoms with Crippen LogP contribution in [0.4, 0.5) is 5.82 Å². The van der Waals surface area contributed by atoms with Crippen molar-refractivity contribution in [1.82, 2.24) is 20.2 Å². The van der Waals surface area contributed by atoms with E-state index in [-0.39, 0.29) is 5.54 Å². The second kappa shape index (κ2) is 7.18. The van der Waals surface area contributed by atoms with Gasteiger partial charge in [-0.05, 0) is 46.7 Å². The number of likely N-dealkylation sites (N-methyl/N-ethyl adjacent to an activating group) is 1. The molecule has 5 nitrogen and oxygen atoms in total. The first-order valence-corrected chi connectivity index (χ1v) is 7.93. The van der Waals surface area contributed by atoms with Crippen molar-refractivity contribution in [3.05, 3.63) is 18.1 Å². The lowest BCUT2D eigenvalue weighted by atomic mass is 10.1. The topological polar surface area (TPSA) is 44.3 Å². The van der Waals surface area contributed by atoms with Gasteiger partial charge < -0.3 is 15.1 Å². The number of aromatic nitrogens is 2. The van der Waals surface area contributed by atoms with Crippen molar-refractivity contribution in [2.75, 3.05) is 38.1 Å². The Bertz CT molecular complexity index is 417. The Morgan fingerprint density at radius 2 is 1.90 bits per heavy atom. The number of likely N-dealkylation sites (tertiary alicyclic amines) is 1. The molecular formula is C16H29N5. The lowest BCUT2D eigenvalue weighted by molar-refractivity contribution is 0.346. The lowest BCUT2D eigenvalue weighted by Crippen LogP contribution is -2.35. The zero-order chi connectivity index (χ0) is 15.3. The van der Waals surface area contributed by atoms with E-state index in [0.717, 1.165) is 31.1 Å². The number of nitrogens with zero attached hydrogens (tertiary/aromatic N) is 4. The number of rotatable bonds is 6. The summed E-state index contributed by atoms with van der Waals surface area (Å²) >= 11 is 0. The maximum atomic E-state index is 4.53. The number of anilines is 1. The standard InChI is InChI=1S/C16H29N5/c1-16(2,3)19-12-14-11-18-15(13-17-14)20(4)9-10-21-7-5-6-8-21/h11,13,19H,5-10,12H2,1-4H3. The monoisotopic (exact) mass is 291 g/mol. The quantitative estimate of drug-likeness (QED) is 0.867. The number of hydrogen-bond donors (Lipinski definition) is 1. The summed E-state index contributed by atoms with van der Waals surface area (Å²) in [6.45, 7) is 11.8. The van der Waals surface area contributed by atoms with Crippen LogP contribution in [0, 0.1) is 0 Å². The molecule has 0 spiro atoms. The van der Waals surface area contributed by atoms with E-state index in [9.17, 15) is 0 Å². The van der Waals surface area contributed by atoms with Crippen molar-refractivity contribution in [3.8, 4) is 0 Å². The van der Waals surface area contributed by atoms with Crippen LogP contribution in [0.2, 0.25) is 0 Å². The Kier molecular flexibility index (Phi) is 5.53. The van der Waals surface area contributed by atoms with Crippen LogP contribution in [0.3, 0.4) is 0 Å². The largest absolute Gasteiger partial charge is 0.357 e. The van der Waals surface area contributed by atoms with Gasteiger partial charge in [-0.2, -0.15) is 0 Å². The summed E-state index contributed by atoms with van der Waals surface area (Å²) in [7, 11) is 2.09. The first-order valence-electron chi connectivity index (χ1n) is 7.93. The molecule has 0 radical (unpaired) electrons. The van der Waals surface area contributed by atoms with Crippen LogP contribution >= 0.6 is 0 Å². The highest BCUT2D eigenvalue weighted by molar-refractivity contribution is 5.34. The van der Waals surface area contributed by atoms with Gasteiger partial charge in [0, 0.05) is 32.2 Å². The smallest absolute Gasteiger partial charge is 0.146 e. The Morgan fingerprint density at radius 3 is 2.48 bits per heavy atom. The van der Waals surface area contributed by atoms with Gasteiger partial charge in [0.05, 0.1) is 18.1 Å². The maximum absolute atomic E-state index is 4.53. The van der Waals surface area contributed by atoms with Gasteiger partial charge in [0.15, 0.2) is 0 Å². The molecule has 1 aromatic heterocycles. The summed E-state index contributed by atoms with van der Waals surface area (Å²) in [5.74, 6) is 0.953. The van der Waals surface area contributed by atoms with Crippen molar-refractivity contribution in [3.63, 3.8) is 0 Å². The minimum atomic E-state index is 0.104. The van der Waals surface area contributed by atoms with Crippen LogP contribution in [0.15, 0.2) is 12.4 Å². The second-order valence-electron chi connectivity index (χ2n) is 6.94. The van der Waals surface area contributed by atoms with Crippen LogP contribution in [0.5, 0.6) is 0 Å². The van der Waals surface area contributed by atoms with E-state index in [1.165, 1.54) is 25.9 Å². The number of hydrogen-bond acceptors (Lipinski definition) is 5. The first-order chi connectivity index (χ1) is 9.94. The van der Waals surface area contributed by atoms with Gasteiger partial charge in [-0.25, -0.2) is 4.98 Å². The van der Waals surface area contributed by atoms with E-state index in [0.29, 0.717) is 0 Å². The normalized spacial score (nSPS) is 16.4. The third-order valence-electron chi connectivity index (χ3n) is 3.83. The highest BCUT2D eigenvalue weighted by Gasteiger charge is 2.13. The second-order valence-corrected chi connectivity index (χ2v) is 6.94. The Hall–Kier alpha value is -1.20. The fourth-order valence-electron chi connectivity index (χ4n) is 2.40. The van der Waals surface area contributed by atoms with Crippen molar-refractivity contribution in [2.24, 2.45) is 0 Å². The zero-order valence-electron chi connectivity index (χ0n) is 13.9. The van der Waals surface area contributed by atoms with Gasteiger partial charge in [0.25, 0.3) is 0 Å². The summed E-state index contributed by atoms with van der Waals surface area (Å²) in [5.41, 5.74) is 1.09. The molecule has 0 aromatic carbocycles. The van der Waals surface area contributed by atoms with Crippen LogP contribution in [-0.4, -0.2) is 53.6 Å². The summed E-state index contributed by atoms with van der Waals surface area (Å²) in [6, 6.07) is 0. The number of nitrogens with one attached hydrogen (secondary N) is 1. The Balaban J connectivity index is 1.80. The van der Waals surface area contributed by atoms with E-state index in [2.05, 4.69) is 52.9 Å². The SMILES string of the molecule is CN(CCN1CCCC1)c1cnc(CNC(C)(C)C)cn1. The highest BCUT2D eigenvalue weighted by atomic mass is 15.2. The maximum Gasteiger partial charge on any atom is 0.146 e. The van der Waals surface area contributed by atoms with Crippen molar-refractivity contribution in [2.45, 2.75) is 45.7 Å². The molecule has 21 heavy (non-hydrogen) atoms. The van der Waals surface area contributed by atoms with Gasteiger partial charge in [-0.15, -0.1) is 0 Å². The molecule has 0 aliphatic carbocycles. The van der Waals surface area contributed by atoms with Crippen molar-refractivity contribution >= 4 is 5.82 Å². The molecule has 118 valence electrons. The average Bonchev–Trinajstić information content (AvgIpc) is 2.95. The third-order valence-corrected chi connectivity index (χ3v) is 3.83. The van der Waals surface area contributed by atoms with Gasteiger partial charge >= 0.3 is 0 Å². The van der Waals surface area contributed by atoms with Gasteiger partial charge in [0.1, 0.15) is 5.82 Å². The zero-order valence-corrected chi connectivity index (χ0v) is 13.9. The molecule has 0 unspecified atom stereocenters. The van der Waals surface area contributed by atoms with Crippen LogP contribution in [0.25, 0.3) is 0 Å². The Labute approximate surface area is 128 Å². The predicted molar refractivity (Wildman–Crippen MR) is 87.6 cm³/mol. The van der Waals surface area contributed by atoms with E-state index >= 15 is 0 Å². The first kappa shape index (κ1) is 16.2. The van der Waals surface area contributed by atoms with Gasteiger partial charge in [0.2, 0.25) is 0 Å². The molecule has 1 aromatic rings. The van der Waals surface area contributed by atoms with E-state index in [1.54, 1.807) is 0 Å². The molecule has 1 aliphatic heterocycles. The molecule has 5 heteroatoms. The predicted octanol–water partition coefficient (Wildman–Crippen LogP) is 1.90. The van der Waals surface area contributed by atoms with E-state index in [4.69, 9.17) is 0 Å². The highest BCUT2D eigenvalue weighted by Crippen LogP contribution is 2.10. The summed E-state index contributed by atoms with van der Waals surface area (Å²) in [6.07, 6.45) is 6.45. The molecule has 1 fully saturated rings. The van der Waals surface area contributed by atoms with E-state index < -0.39 is 0 Å². The Morgan fingerprint density at radius 1 is 1.19 bits per heavy atom. The molecule has 0 saturated carbocycles.